The lowest BCUT2D eigenvalue weighted by Gasteiger charge is -2.15. The number of rotatable bonds is 10. The van der Waals surface area contributed by atoms with Crippen molar-refractivity contribution in [2.24, 2.45) is 0 Å². The number of thiazole rings is 1. The number of ether oxygens (including phenoxy) is 1. The monoisotopic (exact) mass is 493 g/mol. The maximum atomic E-state index is 12.4. The summed E-state index contributed by atoms with van der Waals surface area (Å²) in [6.07, 6.45) is 0.473. The molecule has 0 bridgehead atoms. The van der Waals surface area contributed by atoms with Crippen LogP contribution >= 0.6 is 11.3 Å². The Morgan fingerprint density at radius 3 is 2.37 bits per heavy atom. The topological polar surface area (TPSA) is 118 Å². The van der Waals surface area contributed by atoms with Gasteiger partial charge in [-0.2, -0.15) is 0 Å². The molecule has 2 amide bonds. The number of aromatic nitrogens is 1. The Morgan fingerprint density at radius 1 is 1.09 bits per heavy atom. The van der Waals surface area contributed by atoms with Crippen LogP contribution in [0.15, 0.2) is 53.9 Å². The predicted octanol–water partition coefficient (Wildman–Crippen LogP) is 4.81. The maximum absolute atomic E-state index is 12.4. The lowest BCUT2D eigenvalue weighted by atomic mass is 9.98. The van der Waals surface area contributed by atoms with Crippen molar-refractivity contribution in [3.05, 3.63) is 70.7 Å². The fourth-order valence-corrected chi connectivity index (χ4v) is 4.98. The van der Waals surface area contributed by atoms with Gasteiger partial charge in [0.15, 0.2) is 5.13 Å². The lowest BCUT2D eigenvalue weighted by Crippen LogP contribution is -2.35. The molecule has 0 saturated heterocycles. The minimum Gasteiger partial charge on any atom is -0.481 e. The Morgan fingerprint density at radius 2 is 1.74 bits per heavy atom. The van der Waals surface area contributed by atoms with Gasteiger partial charge in [-0.15, -0.1) is 11.3 Å². The largest absolute Gasteiger partial charge is 0.481 e. The number of anilines is 1. The Balaban J connectivity index is 1.29. The molecule has 0 fully saturated rings. The molecule has 4 rings (SSSR count). The molecule has 9 heteroatoms. The summed E-state index contributed by atoms with van der Waals surface area (Å²) in [6, 6.07) is 16.1. The first kappa shape index (κ1) is 24.4. The number of hydrogen-bond acceptors (Lipinski definition) is 6. The number of amides is 2. The second kappa shape index (κ2) is 11.1. The summed E-state index contributed by atoms with van der Waals surface area (Å²) in [5, 5.41) is 16.4. The van der Waals surface area contributed by atoms with Crippen LogP contribution < -0.4 is 10.6 Å². The van der Waals surface area contributed by atoms with Crippen molar-refractivity contribution in [2.75, 3.05) is 11.9 Å². The van der Waals surface area contributed by atoms with Gasteiger partial charge in [-0.25, -0.2) is 9.78 Å². The van der Waals surface area contributed by atoms with E-state index in [9.17, 15) is 14.4 Å². The minimum absolute atomic E-state index is 0.00367. The number of fused-ring (bicyclic) bond motifs is 3. The number of nitrogens with zero attached hydrogens (tertiary/aromatic N) is 1. The van der Waals surface area contributed by atoms with Crippen LogP contribution in [0.5, 0.6) is 0 Å². The lowest BCUT2D eigenvalue weighted by molar-refractivity contribution is -0.137. The van der Waals surface area contributed by atoms with Gasteiger partial charge < -0.3 is 15.2 Å². The third kappa shape index (κ3) is 6.05. The molecule has 3 N–H and O–H groups in total. The molecule has 0 saturated carbocycles. The Labute approximate surface area is 207 Å². The van der Waals surface area contributed by atoms with Gasteiger partial charge in [0.2, 0.25) is 5.91 Å². The van der Waals surface area contributed by atoms with Gasteiger partial charge in [0.1, 0.15) is 6.61 Å². The highest BCUT2D eigenvalue weighted by Crippen LogP contribution is 2.44. The fourth-order valence-electron chi connectivity index (χ4n) is 4.29. The number of nitrogens with one attached hydrogen (secondary N) is 2. The van der Waals surface area contributed by atoms with Crippen LogP contribution in [0.4, 0.5) is 9.93 Å². The SMILES string of the molecule is CCC(CCC(=O)O)NC(=O)Cc1csc(NC(=O)OCC2c3ccccc3-c3ccccc32)n1. The Kier molecular flexibility index (Phi) is 7.77. The first-order valence-electron chi connectivity index (χ1n) is 11.5. The number of benzene rings is 2. The molecule has 0 spiro atoms. The van der Waals surface area contributed by atoms with Crippen molar-refractivity contribution in [3.8, 4) is 11.1 Å². The van der Waals surface area contributed by atoms with E-state index in [0.717, 1.165) is 22.3 Å². The first-order valence-corrected chi connectivity index (χ1v) is 12.4. The minimum atomic E-state index is -0.888. The highest BCUT2D eigenvalue weighted by Gasteiger charge is 2.29. The van der Waals surface area contributed by atoms with E-state index >= 15 is 0 Å². The quantitative estimate of drug-likeness (QED) is 0.373. The fraction of sp³-hybridized carbons (Fsp3) is 0.308. The molecule has 182 valence electrons. The molecular weight excluding hydrogens is 466 g/mol. The molecular formula is C26H27N3O5S. The van der Waals surface area contributed by atoms with Crippen LogP contribution in [0.2, 0.25) is 0 Å². The molecule has 1 aliphatic carbocycles. The van der Waals surface area contributed by atoms with E-state index < -0.39 is 12.1 Å². The molecule has 1 heterocycles. The summed E-state index contributed by atoms with van der Waals surface area (Å²) in [5.74, 6) is -1.15. The van der Waals surface area contributed by atoms with E-state index in [-0.39, 0.29) is 37.3 Å². The van der Waals surface area contributed by atoms with Crippen LogP contribution in [0.3, 0.4) is 0 Å². The van der Waals surface area contributed by atoms with Crippen molar-refractivity contribution in [1.82, 2.24) is 10.3 Å². The van der Waals surface area contributed by atoms with Gasteiger partial charge in [0.25, 0.3) is 0 Å². The number of aliphatic carboxylic acids is 1. The van der Waals surface area contributed by atoms with Gasteiger partial charge in [-0.1, -0.05) is 55.5 Å². The van der Waals surface area contributed by atoms with E-state index in [1.807, 2.05) is 31.2 Å². The Bertz CT molecular complexity index is 1180. The third-order valence-corrected chi connectivity index (χ3v) is 6.82. The van der Waals surface area contributed by atoms with Gasteiger partial charge in [-0.3, -0.25) is 14.9 Å². The van der Waals surface area contributed by atoms with Crippen molar-refractivity contribution < 1.29 is 24.2 Å². The molecule has 3 aromatic rings. The highest BCUT2D eigenvalue weighted by atomic mass is 32.1. The first-order chi connectivity index (χ1) is 16.9. The average Bonchev–Trinajstić information content (AvgIpc) is 3.42. The van der Waals surface area contributed by atoms with E-state index in [4.69, 9.17) is 9.84 Å². The van der Waals surface area contributed by atoms with Crippen molar-refractivity contribution in [2.45, 2.75) is 44.6 Å². The van der Waals surface area contributed by atoms with Crippen LogP contribution in [-0.4, -0.2) is 40.7 Å². The molecule has 1 unspecified atom stereocenters. The van der Waals surface area contributed by atoms with Crippen molar-refractivity contribution >= 4 is 34.4 Å². The van der Waals surface area contributed by atoms with Gasteiger partial charge >= 0.3 is 12.1 Å². The van der Waals surface area contributed by atoms with Crippen molar-refractivity contribution in [3.63, 3.8) is 0 Å². The standard InChI is InChI=1S/C26H27N3O5S/c1-2-16(11-12-24(31)32)27-23(30)13-17-15-35-25(28-17)29-26(33)34-14-22-20-9-5-3-7-18(20)19-8-4-6-10-21(19)22/h3-10,15-16,22H,2,11-14H2,1H3,(H,27,30)(H,31,32)(H,28,29,33). The summed E-state index contributed by atoms with van der Waals surface area (Å²) in [4.78, 5) is 39.8. The molecule has 35 heavy (non-hydrogen) atoms. The van der Waals surface area contributed by atoms with Gasteiger partial charge in [-0.05, 0) is 35.1 Å². The molecule has 0 radical (unpaired) electrons. The van der Waals surface area contributed by atoms with E-state index in [0.29, 0.717) is 23.7 Å². The zero-order valence-electron chi connectivity index (χ0n) is 19.3. The summed E-state index contributed by atoms with van der Waals surface area (Å²) >= 11 is 1.21. The van der Waals surface area contributed by atoms with Gasteiger partial charge in [0, 0.05) is 23.8 Å². The second-order valence-electron chi connectivity index (χ2n) is 8.38. The highest BCUT2D eigenvalue weighted by molar-refractivity contribution is 7.13. The number of carbonyl (C=O) groups excluding carboxylic acids is 2. The number of carboxylic acid groups (broad SMARTS) is 1. The smallest absolute Gasteiger partial charge is 0.413 e. The van der Waals surface area contributed by atoms with Gasteiger partial charge in [0.05, 0.1) is 12.1 Å². The zero-order chi connectivity index (χ0) is 24.8. The van der Waals surface area contributed by atoms with Crippen molar-refractivity contribution in [1.29, 1.82) is 0 Å². The van der Waals surface area contributed by atoms with E-state index in [1.165, 1.54) is 11.3 Å². The molecule has 1 atom stereocenters. The number of carbonyl (C=O) groups is 3. The predicted molar refractivity (Wildman–Crippen MR) is 134 cm³/mol. The Hall–Kier alpha value is -3.72. The summed E-state index contributed by atoms with van der Waals surface area (Å²) in [7, 11) is 0. The average molecular weight is 494 g/mol. The maximum Gasteiger partial charge on any atom is 0.413 e. The van der Waals surface area contributed by atoms with Crippen LogP contribution in [0.25, 0.3) is 11.1 Å². The normalized spacial score (nSPS) is 12.9. The number of hydrogen-bond donors (Lipinski definition) is 3. The van der Waals surface area contributed by atoms with E-state index in [1.54, 1.807) is 5.38 Å². The molecule has 1 aromatic heterocycles. The number of carboxylic acids is 1. The molecule has 0 aliphatic heterocycles. The van der Waals surface area contributed by atoms with Crippen LogP contribution in [0, 0.1) is 0 Å². The third-order valence-electron chi connectivity index (χ3n) is 6.01. The summed E-state index contributed by atoms with van der Waals surface area (Å²) in [6.45, 7) is 2.10. The second-order valence-corrected chi connectivity index (χ2v) is 9.23. The zero-order valence-corrected chi connectivity index (χ0v) is 20.1. The molecule has 2 aromatic carbocycles. The summed E-state index contributed by atoms with van der Waals surface area (Å²) < 4.78 is 5.54. The van der Waals surface area contributed by atoms with E-state index in [2.05, 4.69) is 39.9 Å². The molecule has 8 nitrogen and oxygen atoms in total. The van der Waals surface area contributed by atoms with Crippen LogP contribution in [-0.2, 0) is 20.7 Å². The molecule has 1 aliphatic rings. The summed E-state index contributed by atoms with van der Waals surface area (Å²) in [5.41, 5.74) is 5.12. The van der Waals surface area contributed by atoms with Crippen LogP contribution in [0.1, 0.15) is 48.9 Å².